The highest BCUT2D eigenvalue weighted by Gasteiger charge is 2.25. The molecule has 1 unspecified atom stereocenters. The quantitative estimate of drug-likeness (QED) is 0.812. The predicted octanol–water partition coefficient (Wildman–Crippen LogP) is 2.39. The lowest BCUT2D eigenvalue weighted by molar-refractivity contribution is -0.142. The fourth-order valence-corrected chi connectivity index (χ4v) is 3.59. The third-order valence-corrected chi connectivity index (χ3v) is 5.11. The summed E-state index contributed by atoms with van der Waals surface area (Å²) < 4.78 is 27.5. The summed E-state index contributed by atoms with van der Waals surface area (Å²) in [5, 5.41) is 9.07. The first kappa shape index (κ1) is 17.1. The minimum atomic E-state index is -3.72. The molecule has 20 heavy (non-hydrogen) atoms. The maximum atomic E-state index is 12.2. The Hall–Kier alpha value is -0.920. The Labute approximate surface area is 127 Å². The molecule has 0 aliphatic carbocycles. The van der Waals surface area contributed by atoms with Gasteiger partial charge in [0.25, 0.3) is 0 Å². The van der Waals surface area contributed by atoms with Crippen molar-refractivity contribution in [1.82, 2.24) is 4.72 Å². The molecule has 0 amide bonds. The maximum absolute atomic E-state index is 12.2. The molecule has 0 aliphatic rings. The normalized spacial score (nSPS) is 13.4. The van der Waals surface area contributed by atoms with Crippen LogP contribution in [-0.4, -0.2) is 26.0 Å². The zero-order valence-electron chi connectivity index (χ0n) is 11.6. The van der Waals surface area contributed by atoms with Crippen molar-refractivity contribution in [1.29, 1.82) is 0 Å². The van der Waals surface area contributed by atoms with Crippen LogP contribution in [0.2, 0.25) is 0 Å². The first-order valence-electron chi connectivity index (χ1n) is 6.13. The largest absolute Gasteiger partial charge is 0.481 e. The lowest BCUT2D eigenvalue weighted by Crippen LogP contribution is -2.35. The molecule has 0 spiro atoms. The van der Waals surface area contributed by atoms with Gasteiger partial charge in [-0.25, -0.2) is 13.1 Å². The molecule has 0 saturated carbocycles. The van der Waals surface area contributed by atoms with Crippen molar-refractivity contribution in [3.05, 3.63) is 28.2 Å². The van der Waals surface area contributed by atoms with Crippen molar-refractivity contribution in [2.24, 2.45) is 11.8 Å². The molecule has 0 bridgehead atoms. The second-order valence-corrected chi connectivity index (χ2v) is 7.60. The molecular weight excluding hydrogens is 346 g/mol. The van der Waals surface area contributed by atoms with E-state index in [0.29, 0.717) is 10.0 Å². The average molecular weight is 364 g/mol. The van der Waals surface area contributed by atoms with Crippen molar-refractivity contribution in [3.8, 4) is 0 Å². The summed E-state index contributed by atoms with van der Waals surface area (Å²) in [5.41, 5.74) is 0.608. The summed E-state index contributed by atoms with van der Waals surface area (Å²) in [6.45, 7) is 5.06. The van der Waals surface area contributed by atoms with E-state index in [-0.39, 0.29) is 17.4 Å². The van der Waals surface area contributed by atoms with E-state index in [0.717, 1.165) is 0 Å². The Morgan fingerprint density at radius 1 is 1.40 bits per heavy atom. The van der Waals surface area contributed by atoms with Crippen LogP contribution in [0.1, 0.15) is 19.4 Å². The number of carbonyl (C=O) groups is 1. The third kappa shape index (κ3) is 4.29. The molecule has 0 fully saturated rings. The highest BCUT2D eigenvalue weighted by Crippen LogP contribution is 2.21. The van der Waals surface area contributed by atoms with Gasteiger partial charge in [0.15, 0.2) is 0 Å². The topological polar surface area (TPSA) is 83.5 Å². The number of aryl methyl sites for hydroxylation is 1. The van der Waals surface area contributed by atoms with Crippen molar-refractivity contribution in [2.75, 3.05) is 6.54 Å². The van der Waals surface area contributed by atoms with Gasteiger partial charge >= 0.3 is 5.97 Å². The van der Waals surface area contributed by atoms with E-state index < -0.39 is 21.9 Å². The van der Waals surface area contributed by atoms with Gasteiger partial charge in [0.05, 0.1) is 10.8 Å². The molecule has 0 saturated heterocycles. The Kier molecular flexibility index (Phi) is 5.73. The Bertz CT molecular complexity index is 598. The molecule has 0 aromatic heterocycles. The van der Waals surface area contributed by atoms with Crippen LogP contribution in [0.3, 0.4) is 0 Å². The average Bonchev–Trinajstić information content (AvgIpc) is 2.31. The monoisotopic (exact) mass is 363 g/mol. The SMILES string of the molecule is Cc1ccc(Br)cc1S(=O)(=O)NCC(C(=O)O)C(C)C. The zero-order chi connectivity index (χ0) is 15.5. The number of rotatable bonds is 6. The lowest BCUT2D eigenvalue weighted by Gasteiger charge is -2.17. The maximum Gasteiger partial charge on any atom is 0.308 e. The summed E-state index contributed by atoms with van der Waals surface area (Å²) in [6.07, 6.45) is 0. The van der Waals surface area contributed by atoms with Crippen LogP contribution in [0, 0.1) is 18.8 Å². The molecule has 112 valence electrons. The van der Waals surface area contributed by atoms with E-state index in [1.165, 1.54) is 6.07 Å². The summed E-state index contributed by atoms with van der Waals surface area (Å²) in [4.78, 5) is 11.2. The molecule has 0 radical (unpaired) electrons. The van der Waals surface area contributed by atoms with Gasteiger partial charge in [0.1, 0.15) is 0 Å². The number of sulfonamides is 1. The fraction of sp³-hybridized carbons (Fsp3) is 0.462. The molecule has 0 aliphatic heterocycles. The third-order valence-electron chi connectivity index (χ3n) is 3.05. The van der Waals surface area contributed by atoms with Crippen LogP contribution in [0.15, 0.2) is 27.6 Å². The summed E-state index contributed by atoms with van der Waals surface area (Å²) in [6, 6.07) is 4.95. The van der Waals surface area contributed by atoms with Gasteiger partial charge < -0.3 is 5.11 Å². The Balaban J connectivity index is 2.95. The van der Waals surface area contributed by atoms with E-state index in [1.807, 2.05) is 0 Å². The molecule has 1 aromatic carbocycles. The number of carboxylic acids is 1. The van der Waals surface area contributed by atoms with Crippen LogP contribution in [0.25, 0.3) is 0 Å². The second-order valence-electron chi connectivity index (χ2n) is 4.95. The van der Waals surface area contributed by atoms with Crippen LogP contribution >= 0.6 is 15.9 Å². The number of hydrogen-bond acceptors (Lipinski definition) is 3. The molecule has 1 rings (SSSR count). The van der Waals surface area contributed by atoms with E-state index in [9.17, 15) is 13.2 Å². The highest BCUT2D eigenvalue weighted by atomic mass is 79.9. The number of benzene rings is 1. The van der Waals surface area contributed by atoms with Crippen LogP contribution < -0.4 is 4.72 Å². The van der Waals surface area contributed by atoms with E-state index in [4.69, 9.17) is 5.11 Å². The van der Waals surface area contributed by atoms with Crippen molar-refractivity contribution < 1.29 is 18.3 Å². The minimum Gasteiger partial charge on any atom is -0.481 e. The fourth-order valence-electron chi connectivity index (χ4n) is 1.75. The van der Waals surface area contributed by atoms with Crippen molar-refractivity contribution in [3.63, 3.8) is 0 Å². The standard InChI is InChI=1S/C13H18BrNO4S/c1-8(2)11(13(16)17)7-15-20(18,19)12-6-10(14)5-4-9(12)3/h4-6,8,11,15H,7H2,1-3H3,(H,16,17). The van der Waals surface area contributed by atoms with Gasteiger partial charge in [0.2, 0.25) is 10.0 Å². The van der Waals surface area contributed by atoms with Gasteiger partial charge in [-0.3, -0.25) is 4.79 Å². The number of halogens is 1. The molecular formula is C13H18BrNO4S. The van der Waals surface area contributed by atoms with Crippen LogP contribution in [0.4, 0.5) is 0 Å². The molecule has 1 atom stereocenters. The number of aliphatic carboxylic acids is 1. The minimum absolute atomic E-state index is 0.124. The van der Waals surface area contributed by atoms with Gasteiger partial charge in [-0.2, -0.15) is 0 Å². The van der Waals surface area contributed by atoms with Gasteiger partial charge in [-0.05, 0) is 30.5 Å². The van der Waals surface area contributed by atoms with Gasteiger partial charge in [-0.1, -0.05) is 35.8 Å². The lowest BCUT2D eigenvalue weighted by atomic mass is 9.97. The van der Waals surface area contributed by atoms with Gasteiger partial charge in [0, 0.05) is 11.0 Å². The number of nitrogens with one attached hydrogen (secondary N) is 1. The molecule has 7 heteroatoms. The van der Waals surface area contributed by atoms with E-state index in [1.54, 1.807) is 32.9 Å². The Morgan fingerprint density at radius 3 is 2.50 bits per heavy atom. The summed E-state index contributed by atoms with van der Waals surface area (Å²) in [7, 11) is -3.72. The first-order chi connectivity index (χ1) is 9.15. The predicted molar refractivity (Wildman–Crippen MR) is 80.0 cm³/mol. The molecule has 0 heterocycles. The molecule has 1 aromatic rings. The van der Waals surface area contributed by atoms with Crippen molar-refractivity contribution >= 4 is 31.9 Å². The molecule has 2 N–H and O–H groups in total. The number of hydrogen-bond donors (Lipinski definition) is 2. The molecule has 5 nitrogen and oxygen atoms in total. The van der Waals surface area contributed by atoms with Crippen molar-refractivity contribution in [2.45, 2.75) is 25.7 Å². The summed E-state index contributed by atoms with van der Waals surface area (Å²) in [5.74, 6) is -1.91. The zero-order valence-corrected chi connectivity index (χ0v) is 14.0. The smallest absolute Gasteiger partial charge is 0.308 e. The Morgan fingerprint density at radius 2 is 2.00 bits per heavy atom. The van der Waals surface area contributed by atoms with E-state index >= 15 is 0 Å². The summed E-state index contributed by atoms with van der Waals surface area (Å²) >= 11 is 3.23. The second kappa shape index (κ2) is 6.69. The number of carboxylic acid groups (broad SMARTS) is 1. The van der Waals surface area contributed by atoms with Crippen LogP contribution in [0.5, 0.6) is 0 Å². The van der Waals surface area contributed by atoms with Gasteiger partial charge in [-0.15, -0.1) is 0 Å². The first-order valence-corrected chi connectivity index (χ1v) is 8.41. The van der Waals surface area contributed by atoms with Crippen LogP contribution in [-0.2, 0) is 14.8 Å². The highest BCUT2D eigenvalue weighted by molar-refractivity contribution is 9.10. The van der Waals surface area contributed by atoms with E-state index in [2.05, 4.69) is 20.7 Å².